The third-order valence-electron chi connectivity index (χ3n) is 3.47. The summed E-state index contributed by atoms with van der Waals surface area (Å²) in [4.78, 5) is 16.9. The Morgan fingerprint density at radius 2 is 2.04 bits per heavy atom. The molecule has 24 heavy (non-hydrogen) atoms. The summed E-state index contributed by atoms with van der Waals surface area (Å²) in [5.74, 6) is 0.564. The predicted molar refractivity (Wildman–Crippen MR) is 101 cm³/mol. The topological polar surface area (TPSA) is 51.2 Å². The molecule has 1 aromatic heterocycles. The molecular weight excluding hydrogens is 388 g/mol. The number of carbonyl (C=O) groups is 1. The van der Waals surface area contributed by atoms with Crippen molar-refractivity contribution in [2.45, 2.75) is 6.92 Å². The maximum Gasteiger partial charge on any atom is 0.258 e. The van der Waals surface area contributed by atoms with Crippen molar-refractivity contribution < 1.29 is 9.53 Å². The van der Waals surface area contributed by atoms with Crippen LogP contribution in [0.1, 0.15) is 15.9 Å². The molecule has 3 rings (SSSR count). The van der Waals surface area contributed by atoms with E-state index < -0.39 is 0 Å². The lowest BCUT2D eigenvalue weighted by molar-refractivity contribution is 0.102. The normalized spacial score (nSPS) is 10.5. The van der Waals surface area contributed by atoms with E-state index in [0.29, 0.717) is 10.7 Å². The summed E-state index contributed by atoms with van der Waals surface area (Å²) in [7, 11) is 1.64. The first kappa shape index (κ1) is 16.7. The largest absolute Gasteiger partial charge is 0.496 e. The highest BCUT2D eigenvalue weighted by Gasteiger charge is 2.14. The van der Waals surface area contributed by atoms with E-state index in [1.165, 1.54) is 11.3 Å². The van der Waals surface area contributed by atoms with Gasteiger partial charge in [-0.3, -0.25) is 10.1 Å². The smallest absolute Gasteiger partial charge is 0.258 e. The van der Waals surface area contributed by atoms with Gasteiger partial charge >= 0.3 is 0 Å². The number of hydrogen-bond donors (Lipinski definition) is 1. The van der Waals surface area contributed by atoms with E-state index in [9.17, 15) is 4.79 Å². The Balaban J connectivity index is 1.85. The zero-order valence-corrected chi connectivity index (χ0v) is 15.6. The Hall–Kier alpha value is -2.18. The second-order valence-corrected chi connectivity index (χ2v) is 6.89. The van der Waals surface area contributed by atoms with Crippen LogP contribution < -0.4 is 10.1 Å². The van der Waals surface area contributed by atoms with Crippen LogP contribution in [0.25, 0.3) is 11.3 Å². The molecule has 0 bridgehead atoms. The van der Waals surface area contributed by atoms with E-state index in [1.54, 1.807) is 13.2 Å². The molecule has 0 fully saturated rings. The molecule has 4 nitrogen and oxygen atoms in total. The summed E-state index contributed by atoms with van der Waals surface area (Å²) in [5.41, 5.74) is 3.39. The number of hydrogen-bond acceptors (Lipinski definition) is 4. The summed E-state index contributed by atoms with van der Waals surface area (Å²) < 4.78 is 6.15. The Morgan fingerprint density at radius 3 is 2.79 bits per heavy atom. The van der Waals surface area contributed by atoms with Gasteiger partial charge in [-0.05, 0) is 47.1 Å². The van der Waals surface area contributed by atoms with Gasteiger partial charge in [0.2, 0.25) is 0 Å². The number of nitrogens with one attached hydrogen (secondary N) is 1. The van der Waals surface area contributed by atoms with Crippen molar-refractivity contribution in [2.75, 3.05) is 12.4 Å². The zero-order valence-electron chi connectivity index (χ0n) is 13.2. The van der Waals surface area contributed by atoms with E-state index in [-0.39, 0.29) is 5.91 Å². The minimum Gasteiger partial charge on any atom is -0.496 e. The van der Waals surface area contributed by atoms with Crippen LogP contribution in [0.4, 0.5) is 5.13 Å². The van der Waals surface area contributed by atoms with Gasteiger partial charge in [-0.25, -0.2) is 4.98 Å². The van der Waals surface area contributed by atoms with Gasteiger partial charge in [-0.1, -0.05) is 23.8 Å². The lowest BCUT2D eigenvalue weighted by Gasteiger charge is -2.07. The molecule has 0 saturated heterocycles. The minimum atomic E-state index is -0.195. The molecule has 1 heterocycles. The minimum absolute atomic E-state index is 0.195. The summed E-state index contributed by atoms with van der Waals surface area (Å²) >= 11 is 4.77. The monoisotopic (exact) mass is 402 g/mol. The number of rotatable bonds is 4. The average Bonchev–Trinajstić information content (AvgIpc) is 3.03. The van der Waals surface area contributed by atoms with E-state index in [2.05, 4.69) is 26.2 Å². The number of halogens is 1. The SMILES string of the molecule is COc1ccc(C)cc1-c1csc(NC(=O)c2ccccc2Br)n1. The molecule has 0 spiro atoms. The number of nitrogens with zero attached hydrogens (tertiary/aromatic N) is 1. The number of benzene rings is 2. The number of methoxy groups -OCH3 is 1. The molecule has 1 amide bonds. The Kier molecular flexibility index (Phi) is 4.97. The van der Waals surface area contributed by atoms with E-state index in [4.69, 9.17) is 4.74 Å². The first-order chi connectivity index (χ1) is 11.6. The summed E-state index contributed by atoms with van der Waals surface area (Å²) in [6, 6.07) is 13.2. The molecule has 0 aliphatic carbocycles. The van der Waals surface area contributed by atoms with E-state index in [0.717, 1.165) is 27.0 Å². The summed E-state index contributed by atoms with van der Waals surface area (Å²) in [6.45, 7) is 2.02. The van der Waals surface area contributed by atoms with Crippen LogP contribution in [0.15, 0.2) is 52.3 Å². The molecule has 122 valence electrons. The average molecular weight is 403 g/mol. The second-order valence-electron chi connectivity index (χ2n) is 5.18. The molecule has 6 heteroatoms. The van der Waals surface area contributed by atoms with Crippen molar-refractivity contribution in [3.05, 3.63) is 63.4 Å². The highest BCUT2D eigenvalue weighted by Crippen LogP contribution is 2.33. The molecular formula is C18H15BrN2O2S. The molecule has 3 aromatic rings. The molecule has 0 saturated carbocycles. The van der Waals surface area contributed by atoms with Gasteiger partial charge in [-0.15, -0.1) is 11.3 Å². The molecule has 2 aromatic carbocycles. The molecule has 0 atom stereocenters. The summed E-state index contributed by atoms with van der Waals surface area (Å²) in [6.07, 6.45) is 0. The number of aromatic nitrogens is 1. The quantitative estimate of drug-likeness (QED) is 0.656. The van der Waals surface area contributed by atoms with Crippen LogP contribution in [0.3, 0.4) is 0 Å². The van der Waals surface area contributed by atoms with Gasteiger partial charge in [0, 0.05) is 15.4 Å². The highest BCUT2D eigenvalue weighted by molar-refractivity contribution is 9.10. The first-order valence-corrected chi connectivity index (χ1v) is 8.92. The van der Waals surface area contributed by atoms with Crippen LogP contribution in [0.2, 0.25) is 0 Å². The lowest BCUT2D eigenvalue weighted by Crippen LogP contribution is -2.12. The zero-order chi connectivity index (χ0) is 17.1. The third kappa shape index (κ3) is 3.49. The maximum absolute atomic E-state index is 12.4. The van der Waals surface area contributed by atoms with E-state index >= 15 is 0 Å². The van der Waals surface area contributed by atoms with Crippen LogP contribution in [-0.4, -0.2) is 18.0 Å². The molecule has 0 aliphatic heterocycles. The van der Waals surface area contributed by atoms with Crippen LogP contribution in [-0.2, 0) is 0 Å². The van der Waals surface area contributed by atoms with Crippen molar-refractivity contribution in [3.8, 4) is 17.0 Å². The van der Waals surface area contributed by atoms with Crippen molar-refractivity contribution in [1.82, 2.24) is 4.98 Å². The fourth-order valence-electron chi connectivity index (χ4n) is 2.29. The van der Waals surface area contributed by atoms with Gasteiger partial charge in [-0.2, -0.15) is 0 Å². The standard InChI is InChI=1S/C18H15BrN2O2S/c1-11-7-8-16(23-2)13(9-11)15-10-24-18(20-15)21-17(22)12-5-3-4-6-14(12)19/h3-10H,1-2H3,(H,20,21,22). The number of amides is 1. The van der Waals surface area contributed by atoms with Gasteiger partial charge in [0.05, 0.1) is 18.4 Å². The Labute approximate surface area is 152 Å². The van der Waals surface area contributed by atoms with Crippen molar-refractivity contribution in [2.24, 2.45) is 0 Å². The van der Waals surface area contributed by atoms with Crippen LogP contribution >= 0.6 is 27.3 Å². The van der Waals surface area contributed by atoms with Crippen LogP contribution in [0, 0.1) is 6.92 Å². The highest BCUT2D eigenvalue weighted by atomic mass is 79.9. The van der Waals surface area contributed by atoms with Crippen molar-refractivity contribution in [3.63, 3.8) is 0 Å². The van der Waals surface area contributed by atoms with E-state index in [1.807, 2.05) is 48.7 Å². The third-order valence-corrected chi connectivity index (χ3v) is 4.92. The van der Waals surface area contributed by atoms with Gasteiger partial charge in [0.1, 0.15) is 5.75 Å². The lowest BCUT2D eigenvalue weighted by atomic mass is 10.1. The predicted octanol–water partition coefficient (Wildman–Crippen LogP) is 5.14. The summed E-state index contributed by atoms with van der Waals surface area (Å²) in [5, 5.41) is 5.30. The van der Waals surface area contributed by atoms with Crippen LogP contribution in [0.5, 0.6) is 5.75 Å². The molecule has 0 aliphatic rings. The van der Waals surface area contributed by atoms with Gasteiger partial charge in [0.15, 0.2) is 5.13 Å². The van der Waals surface area contributed by atoms with Crippen molar-refractivity contribution >= 4 is 38.3 Å². The fourth-order valence-corrected chi connectivity index (χ4v) is 3.46. The molecule has 0 unspecified atom stereocenters. The molecule has 1 N–H and O–H groups in total. The Morgan fingerprint density at radius 1 is 1.25 bits per heavy atom. The maximum atomic E-state index is 12.4. The number of aryl methyl sites for hydroxylation is 1. The number of anilines is 1. The van der Waals surface area contributed by atoms with Gasteiger partial charge in [0.25, 0.3) is 5.91 Å². The molecule has 0 radical (unpaired) electrons. The van der Waals surface area contributed by atoms with Gasteiger partial charge < -0.3 is 4.74 Å². The number of carbonyl (C=O) groups excluding carboxylic acids is 1. The van der Waals surface area contributed by atoms with Crippen molar-refractivity contribution in [1.29, 1.82) is 0 Å². The number of ether oxygens (including phenoxy) is 1. The second kappa shape index (κ2) is 7.15. The number of thiazole rings is 1. The first-order valence-electron chi connectivity index (χ1n) is 7.25. The fraction of sp³-hybridized carbons (Fsp3) is 0.111. The Bertz CT molecular complexity index is 892.